The Hall–Kier alpha value is -1.73. The van der Waals surface area contributed by atoms with Crippen LogP contribution in [0.25, 0.3) is 0 Å². The largest absolute Gasteiger partial charge is 0.496 e. The van der Waals surface area contributed by atoms with Gasteiger partial charge in [-0.1, -0.05) is 34.1 Å². The fourth-order valence-electron chi connectivity index (χ4n) is 2.15. The first-order valence-corrected chi connectivity index (χ1v) is 9.26. The highest BCUT2D eigenvalue weighted by molar-refractivity contribution is 9.08. The van der Waals surface area contributed by atoms with E-state index in [0.717, 1.165) is 4.90 Å². The topological polar surface area (TPSA) is 65.7 Å². The number of hydrogen-bond acceptors (Lipinski definition) is 6. The first-order valence-electron chi connectivity index (χ1n) is 7.25. The summed E-state index contributed by atoms with van der Waals surface area (Å²) in [6, 6.07) is 10.7. The van der Waals surface area contributed by atoms with Gasteiger partial charge in [0.2, 0.25) is 0 Å². The monoisotopic (exact) mass is 412 g/mol. The van der Waals surface area contributed by atoms with Crippen LogP contribution < -0.4 is 10.4 Å². The number of carbonyl (C=O) groups excluding carboxylic acids is 1. The maximum absolute atomic E-state index is 12.5. The van der Waals surface area contributed by atoms with E-state index in [4.69, 9.17) is 13.9 Å². The van der Waals surface area contributed by atoms with Gasteiger partial charge in [-0.2, -0.15) is 0 Å². The van der Waals surface area contributed by atoms with Crippen LogP contribution in [0.1, 0.15) is 23.5 Å². The van der Waals surface area contributed by atoms with Crippen molar-refractivity contribution in [1.29, 1.82) is 0 Å². The Morgan fingerprint density at radius 3 is 2.62 bits per heavy atom. The second-order valence-corrected chi connectivity index (χ2v) is 6.41. The molecule has 1 aromatic carbocycles. The van der Waals surface area contributed by atoms with Crippen LogP contribution in [0.3, 0.4) is 0 Å². The highest BCUT2D eigenvalue weighted by Crippen LogP contribution is 2.42. The van der Waals surface area contributed by atoms with E-state index in [2.05, 4.69) is 15.9 Å². The lowest BCUT2D eigenvalue weighted by Crippen LogP contribution is -2.17. The van der Waals surface area contributed by atoms with Crippen molar-refractivity contribution >= 4 is 33.7 Å². The van der Waals surface area contributed by atoms with Gasteiger partial charge in [-0.3, -0.25) is 4.79 Å². The molecule has 0 aliphatic carbocycles. The predicted octanol–water partition coefficient (Wildman–Crippen LogP) is 3.94. The van der Waals surface area contributed by atoms with E-state index in [9.17, 15) is 9.59 Å². The average molecular weight is 413 g/mol. The van der Waals surface area contributed by atoms with Crippen molar-refractivity contribution in [3.63, 3.8) is 0 Å². The summed E-state index contributed by atoms with van der Waals surface area (Å²) in [6.07, 6.45) is 0. The van der Waals surface area contributed by atoms with Crippen molar-refractivity contribution in [2.24, 2.45) is 0 Å². The molecule has 0 fully saturated rings. The zero-order chi connectivity index (χ0) is 17.5. The Kier molecular flexibility index (Phi) is 6.93. The SMILES string of the molecule is CCOC(=O)C(Sc1ccccc1)c1c(OC)cc(=O)oc1CBr. The summed E-state index contributed by atoms with van der Waals surface area (Å²) in [7, 11) is 1.45. The van der Waals surface area contributed by atoms with Gasteiger partial charge >= 0.3 is 11.6 Å². The summed E-state index contributed by atoms with van der Waals surface area (Å²) in [5.41, 5.74) is -0.0290. The van der Waals surface area contributed by atoms with E-state index in [1.165, 1.54) is 24.9 Å². The number of benzene rings is 1. The molecule has 0 bridgehead atoms. The standard InChI is InChI=1S/C17H17BrO5S/c1-3-22-17(20)16(24-11-7-5-4-6-8-11)15-12(21-2)9-14(19)23-13(15)10-18/h4-9,16H,3,10H2,1-2H3. The molecule has 0 saturated carbocycles. The van der Waals surface area contributed by atoms with Crippen molar-refractivity contribution in [1.82, 2.24) is 0 Å². The molecule has 0 radical (unpaired) electrons. The molecule has 1 unspecified atom stereocenters. The molecule has 0 aliphatic heterocycles. The summed E-state index contributed by atoms with van der Waals surface area (Å²) >= 11 is 4.62. The van der Waals surface area contributed by atoms with E-state index in [1.54, 1.807) is 6.92 Å². The highest BCUT2D eigenvalue weighted by atomic mass is 79.9. The third kappa shape index (κ3) is 4.42. The van der Waals surface area contributed by atoms with Crippen LogP contribution in [0, 0.1) is 0 Å². The second kappa shape index (κ2) is 8.94. The molecule has 2 aromatic rings. The van der Waals surface area contributed by atoms with E-state index in [1.807, 2.05) is 30.3 Å². The summed E-state index contributed by atoms with van der Waals surface area (Å²) in [4.78, 5) is 25.1. The van der Waals surface area contributed by atoms with Crippen LogP contribution >= 0.6 is 27.7 Å². The smallest absolute Gasteiger partial charge is 0.339 e. The van der Waals surface area contributed by atoms with Crippen LogP contribution in [0.4, 0.5) is 0 Å². The van der Waals surface area contributed by atoms with E-state index >= 15 is 0 Å². The molecule has 1 atom stereocenters. The Balaban J connectivity index is 2.54. The summed E-state index contributed by atoms with van der Waals surface area (Å²) < 4.78 is 15.8. The van der Waals surface area contributed by atoms with Gasteiger partial charge in [-0.25, -0.2) is 4.79 Å². The number of ether oxygens (including phenoxy) is 2. The lowest BCUT2D eigenvalue weighted by atomic mass is 10.1. The maximum Gasteiger partial charge on any atom is 0.339 e. The molecular formula is C17H17BrO5S. The van der Waals surface area contributed by atoms with Crippen LogP contribution in [0.5, 0.6) is 5.75 Å². The first-order chi connectivity index (χ1) is 11.6. The second-order valence-electron chi connectivity index (χ2n) is 4.67. The average Bonchev–Trinajstić information content (AvgIpc) is 2.60. The minimum absolute atomic E-state index is 0.257. The molecule has 24 heavy (non-hydrogen) atoms. The van der Waals surface area contributed by atoms with Gasteiger partial charge in [0.25, 0.3) is 0 Å². The Morgan fingerprint density at radius 1 is 1.33 bits per heavy atom. The molecule has 5 nitrogen and oxygen atoms in total. The van der Waals surface area contributed by atoms with Crippen LogP contribution in [-0.4, -0.2) is 19.7 Å². The number of methoxy groups -OCH3 is 1. The molecule has 0 aliphatic rings. The molecule has 7 heteroatoms. The fraction of sp³-hybridized carbons (Fsp3) is 0.294. The van der Waals surface area contributed by atoms with Crippen LogP contribution in [-0.2, 0) is 14.9 Å². The molecular weight excluding hydrogens is 396 g/mol. The van der Waals surface area contributed by atoms with Crippen LogP contribution in [0.2, 0.25) is 0 Å². The minimum atomic E-state index is -0.709. The van der Waals surface area contributed by atoms with E-state index in [0.29, 0.717) is 17.1 Å². The highest BCUT2D eigenvalue weighted by Gasteiger charge is 2.31. The molecule has 128 valence electrons. The van der Waals surface area contributed by atoms with Crippen molar-refractivity contribution in [2.45, 2.75) is 22.4 Å². The number of esters is 1. The molecule has 1 heterocycles. The van der Waals surface area contributed by atoms with Crippen molar-refractivity contribution in [3.8, 4) is 5.75 Å². The first kappa shape index (κ1) is 18.6. The zero-order valence-corrected chi connectivity index (χ0v) is 15.7. The summed E-state index contributed by atoms with van der Waals surface area (Å²) in [6.45, 7) is 2.00. The molecule has 0 saturated heterocycles. The number of rotatable bonds is 7. The lowest BCUT2D eigenvalue weighted by molar-refractivity contribution is -0.142. The Labute approximate surface area is 152 Å². The Morgan fingerprint density at radius 2 is 2.04 bits per heavy atom. The van der Waals surface area contributed by atoms with E-state index < -0.39 is 16.8 Å². The fourth-order valence-corrected chi connectivity index (χ4v) is 3.68. The minimum Gasteiger partial charge on any atom is -0.496 e. The maximum atomic E-state index is 12.5. The molecule has 2 rings (SSSR count). The Bertz CT molecular complexity index is 716. The summed E-state index contributed by atoms with van der Waals surface area (Å²) in [5, 5.41) is -0.431. The normalized spacial score (nSPS) is 11.8. The van der Waals surface area contributed by atoms with Gasteiger partial charge in [-0.15, -0.1) is 11.8 Å². The number of hydrogen-bond donors (Lipinski definition) is 0. The predicted molar refractivity (Wildman–Crippen MR) is 95.8 cm³/mol. The van der Waals surface area contributed by atoms with E-state index in [-0.39, 0.29) is 11.9 Å². The van der Waals surface area contributed by atoms with Gasteiger partial charge in [0.05, 0.1) is 30.7 Å². The molecule has 0 spiro atoms. The molecule has 0 amide bonds. The molecule has 1 aromatic heterocycles. The number of alkyl halides is 1. The van der Waals surface area contributed by atoms with Gasteiger partial charge in [0.1, 0.15) is 16.8 Å². The third-order valence-electron chi connectivity index (χ3n) is 3.14. The summed E-state index contributed by atoms with van der Waals surface area (Å²) in [5.74, 6) is 0.240. The van der Waals surface area contributed by atoms with Gasteiger partial charge in [-0.05, 0) is 19.1 Å². The van der Waals surface area contributed by atoms with Gasteiger partial charge < -0.3 is 13.9 Å². The van der Waals surface area contributed by atoms with Gasteiger partial charge in [0, 0.05) is 4.90 Å². The zero-order valence-electron chi connectivity index (χ0n) is 13.3. The number of carbonyl (C=O) groups is 1. The molecule has 0 N–H and O–H groups in total. The van der Waals surface area contributed by atoms with Crippen molar-refractivity contribution < 1.29 is 18.7 Å². The van der Waals surface area contributed by atoms with Gasteiger partial charge in [0.15, 0.2) is 0 Å². The van der Waals surface area contributed by atoms with Crippen LogP contribution in [0.15, 0.2) is 50.5 Å². The van der Waals surface area contributed by atoms with Crippen molar-refractivity contribution in [3.05, 3.63) is 58.1 Å². The lowest BCUT2D eigenvalue weighted by Gasteiger charge is -2.19. The number of halogens is 1. The third-order valence-corrected chi connectivity index (χ3v) is 4.86. The van der Waals surface area contributed by atoms with Crippen molar-refractivity contribution in [2.75, 3.05) is 13.7 Å². The number of thioether (sulfide) groups is 1. The quantitative estimate of drug-likeness (QED) is 0.389.